The van der Waals surface area contributed by atoms with Gasteiger partial charge in [0.1, 0.15) is 0 Å². The second kappa shape index (κ2) is 5.90. The van der Waals surface area contributed by atoms with E-state index in [4.69, 9.17) is 15.3 Å². The lowest BCUT2D eigenvalue weighted by molar-refractivity contribution is -0.0962. The van der Waals surface area contributed by atoms with Crippen LogP contribution in [0.1, 0.15) is 39.0 Å². The van der Waals surface area contributed by atoms with Gasteiger partial charge in [0.2, 0.25) is 0 Å². The SMILES string of the molecule is CC1CCC(C(NN)C2CCOC3(CCSC3)C2)O1. The molecule has 0 bridgehead atoms. The van der Waals surface area contributed by atoms with Crippen molar-refractivity contribution in [2.75, 3.05) is 18.1 Å². The molecule has 0 aromatic rings. The fourth-order valence-electron chi connectivity index (χ4n) is 3.88. The van der Waals surface area contributed by atoms with E-state index in [1.165, 1.54) is 12.2 Å². The molecule has 5 unspecified atom stereocenters. The first-order chi connectivity index (χ1) is 9.22. The van der Waals surface area contributed by atoms with Gasteiger partial charge in [0.05, 0.1) is 23.9 Å². The molecule has 0 aliphatic carbocycles. The Bertz CT molecular complexity index is 310. The van der Waals surface area contributed by atoms with Gasteiger partial charge in [0.25, 0.3) is 0 Å². The Morgan fingerprint density at radius 3 is 2.89 bits per heavy atom. The summed E-state index contributed by atoms with van der Waals surface area (Å²) in [6.07, 6.45) is 6.42. The Kier molecular flexibility index (Phi) is 4.39. The highest BCUT2D eigenvalue weighted by atomic mass is 32.2. The predicted octanol–water partition coefficient (Wildman–Crippen LogP) is 1.69. The van der Waals surface area contributed by atoms with Crippen molar-refractivity contribution in [3.05, 3.63) is 0 Å². The summed E-state index contributed by atoms with van der Waals surface area (Å²) in [4.78, 5) is 0. The van der Waals surface area contributed by atoms with Gasteiger partial charge in [-0.05, 0) is 50.7 Å². The second-order valence-electron chi connectivity index (χ2n) is 6.34. The van der Waals surface area contributed by atoms with Crippen LogP contribution in [0.3, 0.4) is 0 Å². The maximum atomic E-state index is 6.10. The van der Waals surface area contributed by atoms with Crippen molar-refractivity contribution in [3.8, 4) is 0 Å². The van der Waals surface area contributed by atoms with E-state index in [-0.39, 0.29) is 17.7 Å². The largest absolute Gasteiger partial charge is 0.374 e. The van der Waals surface area contributed by atoms with Gasteiger partial charge in [0, 0.05) is 12.4 Å². The van der Waals surface area contributed by atoms with Crippen molar-refractivity contribution in [1.82, 2.24) is 5.43 Å². The van der Waals surface area contributed by atoms with Crippen molar-refractivity contribution in [1.29, 1.82) is 0 Å². The fraction of sp³-hybridized carbons (Fsp3) is 1.00. The van der Waals surface area contributed by atoms with Gasteiger partial charge in [-0.25, -0.2) is 0 Å². The van der Waals surface area contributed by atoms with Crippen molar-refractivity contribution in [2.24, 2.45) is 11.8 Å². The van der Waals surface area contributed by atoms with Crippen LogP contribution in [-0.4, -0.2) is 42.0 Å². The van der Waals surface area contributed by atoms with E-state index in [2.05, 4.69) is 12.3 Å². The summed E-state index contributed by atoms with van der Waals surface area (Å²) in [7, 11) is 0. The zero-order valence-electron chi connectivity index (χ0n) is 11.8. The normalized spacial score (nSPS) is 44.8. The first-order valence-corrected chi connectivity index (χ1v) is 8.71. The highest BCUT2D eigenvalue weighted by Crippen LogP contribution is 2.42. The summed E-state index contributed by atoms with van der Waals surface area (Å²) >= 11 is 2.03. The van der Waals surface area contributed by atoms with Crippen LogP contribution in [0.15, 0.2) is 0 Å². The average Bonchev–Trinajstić information content (AvgIpc) is 3.01. The minimum absolute atomic E-state index is 0.132. The molecule has 3 heterocycles. The van der Waals surface area contributed by atoms with Gasteiger partial charge < -0.3 is 9.47 Å². The lowest BCUT2D eigenvalue weighted by Crippen LogP contribution is -2.53. The number of hydrogen-bond donors (Lipinski definition) is 2. The molecular weight excluding hydrogens is 260 g/mol. The molecule has 0 saturated carbocycles. The molecule has 1 spiro atoms. The van der Waals surface area contributed by atoms with Crippen LogP contribution >= 0.6 is 11.8 Å². The molecule has 110 valence electrons. The maximum Gasteiger partial charge on any atom is 0.0783 e. The van der Waals surface area contributed by atoms with Gasteiger partial charge in [-0.15, -0.1) is 0 Å². The van der Waals surface area contributed by atoms with Gasteiger partial charge in [-0.2, -0.15) is 11.8 Å². The molecule has 3 rings (SSSR count). The first kappa shape index (κ1) is 14.1. The Balaban J connectivity index is 1.65. The molecular formula is C14H26N2O2S. The van der Waals surface area contributed by atoms with E-state index >= 15 is 0 Å². The summed E-state index contributed by atoms with van der Waals surface area (Å²) in [6.45, 7) is 3.04. The summed E-state index contributed by atoms with van der Waals surface area (Å²) in [5, 5.41) is 0. The summed E-state index contributed by atoms with van der Waals surface area (Å²) in [6, 6.07) is 0.288. The Morgan fingerprint density at radius 1 is 1.37 bits per heavy atom. The van der Waals surface area contributed by atoms with Crippen molar-refractivity contribution >= 4 is 11.8 Å². The zero-order chi connectivity index (χ0) is 13.3. The van der Waals surface area contributed by atoms with Crippen LogP contribution in [0.2, 0.25) is 0 Å². The third-order valence-corrected chi connectivity index (χ3v) is 6.19. The third-order valence-electron chi connectivity index (χ3n) is 4.96. The number of nitrogens with two attached hydrogens (primary N) is 1. The summed E-state index contributed by atoms with van der Waals surface area (Å²) in [5.74, 6) is 8.83. The van der Waals surface area contributed by atoms with Gasteiger partial charge in [-0.1, -0.05) is 0 Å². The Hall–Kier alpha value is 0.190. The minimum atomic E-state index is 0.132. The van der Waals surface area contributed by atoms with Crippen molar-refractivity contribution < 1.29 is 9.47 Å². The van der Waals surface area contributed by atoms with Crippen LogP contribution in [0.25, 0.3) is 0 Å². The van der Waals surface area contributed by atoms with Gasteiger partial charge in [-0.3, -0.25) is 11.3 Å². The molecule has 0 aromatic heterocycles. The monoisotopic (exact) mass is 286 g/mol. The number of ether oxygens (including phenoxy) is 2. The highest BCUT2D eigenvalue weighted by molar-refractivity contribution is 7.99. The summed E-state index contributed by atoms with van der Waals surface area (Å²) < 4.78 is 12.1. The molecule has 3 aliphatic rings. The topological polar surface area (TPSA) is 56.5 Å². The smallest absolute Gasteiger partial charge is 0.0783 e. The molecule has 0 aromatic carbocycles. The molecule has 0 radical (unpaired) electrons. The van der Waals surface area contributed by atoms with E-state index in [0.29, 0.717) is 12.0 Å². The molecule has 3 fully saturated rings. The quantitative estimate of drug-likeness (QED) is 0.611. The highest BCUT2D eigenvalue weighted by Gasteiger charge is 2.44. The van der Waals surface area contributed by atoms with Crippen LogP contribution < -0.4 is 11.3 Å². The average molecular weight is 286 g/mol. The van der Waals surface area contributed by atoms with Crippen LogP contribution in [0.5, 0.6) is 0 Å². The molecule has 3 aliphatic heterocycles. The zero-order valence-corrected chi connectivity index (χ0v) is 12.6. The van der Waals surface area contributed by atoms with Crippen molar-refractivity contribution in [3.63, 3.8) is 0 Å². The predicted molar refractivity (Wildman–Crippen MR) is 78.0 cm³/mol. The number of hydrazine groups is 1. The van der Waals surface area contributed by atoms with E-state index < -0.39 is 0 Å². The Labute approximate surface area is 120 Å². The molecule has 3 N–H and O–H groups in total. The fourth-order valence-corrected chi connectivity index (χ4v) is 5.26. The van der Waals surface area contributed by atoms with Crippen LogP contribution in [0, 0.1) is 5.92 Å². The van der Waals surface area contributed by atoms with Crippen molar-refractivity contribution in [2.45, 2.75) is 62.9 Å². The second-order valence-corrected chi connectivity index (χ2v) is 7.45. The third kappa shape index (κ3) is 2.95. The number of thioether (sulfide) groups is 1. The molecule has 3 saturated heterocycles. The Morgan fingerprint density at radius 2 is 2.26 bits per heavy atom. The lowest BCUT2D eigenvalue weighted by atomic mass is 9.79. The standard InChI is InChI=1S/C14H26N2O2S/c1-10-2-3-12(18-10)13(16-15)11-4-6-17-14(8-11)5-7-19-9-14/h10-13,16H,2-9,15H2,1H3. The van der Waals surface area contributed by atoms with Crippen LogP contribution in [-0.2, 0) is 9.47 Å². The lowest BCUT2D eigenvalue weighted by Gasteiger charge is -2.42. The molecule has 4 nitrogen and oxygen atoms in total. The number of hydrogen-bond acceptors (Lipinski definition) is 5. The van der Waals surface area contributed by atoms with E-state index in [9.17, 15) is 0 Å². The van der Waals surface area contributed by atoms with Gasteiger partial charge in [0.15, 0.2) is 0 Å². The molecule has 0 amide bonds. The van der Waals surface area contributed by atoms with Gasteiger partial charge >= 0.3 is 0 Å². The maximum absolute atomic E-state index is 6.10. The number of nitrogens with one attached hydrogen (secondary N) is 1. The van der Waals surface area contributed by atoms with E-state index in [0.717, 1.165) is 38.0 Å². The van der Waals surface area contributed by atoms with E-state index in [1.54, 1.807) is 0 Å². The van der Waals surface area contributed by atoms with E-state index in [1.807, 2.05) is 11.8 Å². The molecule has 19 heavy (non-hydrogen) atoms. The molecule has 5 atom stereocenters. The molecule has 5 heteroatoms. The summed E-state index contributed by atoms with van der Waals surface area (Å²) in [5.41, 5.74) is 3.19. The minimum Gasteiger partial charge on any atom is -0.374 e. The van der Waals surface area contributed by atoms with Crippen LogP contribution in [0.4, 0.5) is 0 Å². The first-order valence-electron chi connectivity index (χ1n) is 7.56. The number of rotatable bonds is 3.